The van der Waals surface area contributed by atoms with Gasteiger partial charge in [-0.15, -0.1) is 11.3 Å². The van der Waals surface area contributed by atoms with Crippen LogP contribution >= 0.6 is 11.3 Å². The molecule has 0 saturated heterocycles. The van der Waals surface area contributed by atoms with Gasteiger partial charge in [-0.1, -0.05) is 48.5 Å². The molecular weight excluding hydrogens is 300 g/mol. The molecule has 3 heteroatoms. The third-order valence-corrected chi connectivity index (χ3v) is 4.79. The summed E-state index contributed by atoms with van der Waals surface area (Å²) in [6.45, 7) is 2.17. The van der Waals surface area contributed by atoms with Crippen LogP contribution in [0.2, 0.25) is 0 Å². The highest BCUT2D eigenvalue weighted by Crippen LogP contribution is 2.35. The standard InChI is InChI=1S/C20H16N2S/c1-15-18(16-8-4-2-5-9-16)14-19(20-21-12-13-23-20)22(15)17-10-6-3-7-11-17/h2-14H,1H3. The van der Waals surface area contributed by atoms with Crippen molar-refractivity contribution in [1.82, 2.24) is 9.55 Å². The quantitative estimate of drug-likeness (QED) is 0.482. The predicted molar refractivity (Wildman–Crippen MR) is 97.1 cm³/mol. The van der Waals surface area contributed by atoms with Crippen LogP contribution in [0.15, 0.2) is 78.3 Å². The van der Waals surface area contributed by atoms with E-state index in [1.54, 1.807) is 11.3 Å². The molecule has 2 aromatic carbocycles. The molecule has 0 atom stereocenters. The molecule has 0 radical (unpaired) electrons. The topological polar surface area (TPSA) is 17.8 Å². The molecule has 0 unspecified atom stereocenters. The van der Waals surface area contributed by atoms with Gasteiger partial charge < -0.3 is 4.57 Å². The van der Waals surface area contributed by atoms with Gasteiger partial charge in [0.2, 0.25) is 0 Å². The van der Waals surface area contributed by atoms with E-state index in [2.05, 4.69) is 77.1 Å². The molecule has 0 aliphatic rings. The van der Waals surface area contributed by atoms with E-state index < -0.39 is 0 Å². The van der Waals surface area contributed by atoms with Gasteiger partial charge in [0.05, 0.1) is 5.69 Å². The lowest BCUT2D eigenvalue weighted by molar-refractivity contribution is 1.02. The van der Waals surface area contributed by atoms with Crippen LogP contribution < -0.4 is 0 Å². The average Bonchev–Trinajstić information content (AvgIpc) is 3.24. The summed E-state index contributed by atoms with van der Waals surface area (Å²) in [4.78, 5) is 4.52. The van der Waals surface area contributed by atoms with Gasteiger partial charge in [-0.3, -0.25) is 0 Å². The Morgan fingerprint density at radius 2 is 1.61 bits per heavy atom. The number of benzene rings is 2. The molecule has 0 fully saturated rings. The first kappa shape index (κ1) is 14.0. The van der Waals surface area contributed by atoms with Crippen molar-refractivity contribution in [1.29, 1.82) is 0 Å². The number of nitrogens with zero attached hydrogens (tertiary/aromatic N) is 2. The summed E-state index contributed by atoms with van der Waals surface area (Å²) in [7, 11) is 0. The fourth-order valence-electron chi connectivity index (χ4n) is 2.93. The summed E-state index contributed by atoms with van der Waals surface area (Å²) in [5.74, 6) is 0. The molecular formula is C20H16N2S. The molecule has 2 nitrogen and oxygen atoms in total. The molecule has 0 N–H and O–H groups in total. The molecule has 4 rings (SSSR count). The highest BCUT2D eigenvalue weighted by Gasteiger charge is 2.17. The van der Waals surface area contributed by atoms with Crippen molar-refractivity contribution in [2.75, 3.05) is 0 Å². The number of para-hydroxylation sites is 1. The largest absolute Gasteiger partial charge is 0.311 e. The normalized spacial score (nSPS) is 10.8. The highest BCUT2D eigenvalue weighted by atomic mass is 32.1. The van der Waals surface area contributed by atoms with Crippen molar-refractivity contribution in [3.63, 3.8) is 0 Å². The zero-order valence-electron chi connectivity index (χ0n) is 12.8. The van der Waals surface area contributed by atoms with Gasteiger partial charge >= 0.3 is 0 Å². The molecule has 0 amide bonds. The minimum absolute atomic E-state index is 1.04. The Kier molecular flexibility index (Phi) is 3.56. The minimum Gasteiger partial charge on any atom is -0.311 e. The Hall–Kier alpha value is -2.65. The molecule has 0 saturated carbocycles. The van der Waals surface area contributed by atoms with Gasteiger partial charge in [0.25, 0.3) is 0 Å². The van der Waals surface area contributed by atoms with Crippen molar-refractivity contribution in [2.45, 2.75) is 6.92 Å². The van der Waals surface area contributed by atoms with E-state index in [4.69, 9.17) is 0 Å². The van der Waals surface area contributed by atoms with Crippen LogP contribution in [0.5, 0.6) is 0 Å². The number of thiazole rings is 1. The first-order chi connectivity index (χ1) is 11.3. The number of aromatic nitrogens is 2. The molecule has 4 aromatic rings. The summed E-state index contributed by atoms with van der Waals surface area (Å²) >= 11 is 1.67. The molecule has 2 heterocycles. The van der Waals surface area contributed by atoms with Crippen LogP contribution in [0.25, 0.3) is 27.5 Å². The Balaban J connectivity index is 1.98. The Labute approximate surface area is 139 Å². The van der Waals surface area contributed by atoms with E-state index in [0.717, 1.165) is 16.4 Å². The molecule has 0 aliphatic carbocycles. The lowest BCUT2D eigenvalue weighted by Crippen LogP contribution is -1.98. The molecule has 0 bridgehead atoms. The first-order valence-corrected chi connectivity index (χ1v) is 8.45. The molecule has 23 heavy (non-hydrogen) atoms. The average molecular weight is 316 g/mol. The lowest BCUT2D eigenvalue weighted by Gasteiger charge is -2.10. The Morgan fingerprint density at radius 3 is 2.26 bits per heavy atom. The van der Waals surface area contributed by atoms with Crippen LogP contribution in [-0.4, -0.2) is 9.55 Å². The molecule has 0 aliphatic heterocycles. The first-order valence-electron chi connectivity index (χ1n) is 7.57. The van der Waals surface area contributed by atoms with Gasteiger partial charge in [0, 0.05) is 28.5 Å². The highest BCUT2D eigenvalue weighted by molar-refractivity contribution is 7.13. The third kappa shape index (κ3) is 2.49. The maximum absolute atomic E-state index is 4.52. The zero-order chi connectivity index (χ0) is 15.6. The second kappa shape index (κ2) is 5.86. The zero-order valence-corrected chi connectivity index (χ0v) is 13.6. The van der Waals surface area contributed by atoms with Crippen LogP contribution in [0, 0.1) is 6.92 Å². The van der Waals surface area contributed by atoms with Crippen molar-refractivity contribution in [3.05, 3.63) is 84.0 Å². The van der Waals surface area contributed by atoms with E-state index in [0.29, 0.717) is 0 Å². The van der Waals surface area contributed by atoms with Crippen LogP contribution in [0.4, 0.5) is 0 Å². The van der Waals surface area contributed by atoms with Gasteiger partial charge in [-0.25, -0.2) is 4.98 Å². The summed E-state index contributed by atoms with van der Waals surface area (Å²) in [6.07, 6.45) is 1.86. The van der Waals surface area contributed by atoms with Crippen LogP contribution in [0.1, 0.15) is 5.69 Å². The number of hydrogen-bond acceptors (Lipinski definition) is 2. The van der Waals surface area contributed by atoms with Crippen molar-refractivity contribution in [3.8, 4) is 27.5 Å². The van der Waals surface area contributed by atoms with Crippen molar-refractivity contribution >= 4 is 11.3 Å². The van der Waals surface area contributed by atoms with Gasteiger partial charge in [0.1, 0.15) is 5.01 Å². The fourth-order valence-corrected chi connectivity index (χ4v) is 3.58. The number of hydrogen-bond donors (Lipinski definition) is 0. The monoisotopic (exact) mass is 316 g/mol. The van der Waals surface area contributed by atoms with Gasteiger partial charge in [-0.05, 0) is 30.7 Å². The maximum atomic E-state index is 4.52. The second-order valence-corrected chi connectivity index (χ2v) is 6.30. The van der Waals surface area contributed by atoms with E-state index in [9.17, 15) is 0 Å². The Morgan fingerprint density at radius 1 is 0.913 bits per heavy atom. The van der Waals surface area contributed by atoms with E-state index in [-0.39, 0.29) is 0 Å². The summed E-state index contributed by atoms with van der Waals surface area (Å²) in [6, 6.07) is 23.2. The van der Waals surface area contributed by atoms with Gasteiger partial charge in [-0.2, -0.15) is 0 Å². The summed E-state index contributed by atoms with van der Waals surface area (Å²) in [5, 5.41) is 3.06. The SMILES string of the molecule is Cc1c(-c2ccccc2)cc(-c2nccs2)n1-c1ccccc1. The van der Waals surface area contributed by atoms with Crippen LogP contribution in [0.3, 0.4) is 0 Å². The van der Waals surface area contributed by atoms with Crippen molar-refractivity contribution < 1.29 is 0 Å². The summed E-state index contributed by atoms with van der Waals surface area (Å²) in [5.41, 5.74) is 6.02. The second-order valence-electron chi connectivity index (χ2n) is 5.40. The van der Waals surface area contributed by atoms with Gasteiger partial charge in [0.15, 0.2) is 0 Å². The Bertz CT molecular complexity index is 907. The van der Waals surface area contributed by atoms with Crippen molar-refractivity contribution in [2.24, 2.45) is 0 Å². The van der Waals surface area contributed by atoms with E-state index in [1.807, 2.05) is 17.6 Å². The molecule has 2 aromatic heterocycles. The van der Waals surface area contributed by atoms with E-state index in [1.165, 1.54) is 16.8 Å². The number of rotatable bonds is 3. The van der Waals surface area contributed by atoms with E-state index >= 15 is 0 Å². The lowest BCUT2D eigenvalue weighted by atomic mass is 10.1. The smallest absolute Gasteiger partial charge is 0.140 e. The fraction of sp³-hybridized carbons (Fsp3) is 0.0500. The molecule has 0 spiro atoms. The maximum Gasteiger partial charge on any atom is 0.140 e. The van der Waals surface area contributed by atoms with Crippen LogP contribution in [-0.2, 0) is 0 Å². The minimum atomic E-state index is 1.04. The predicted octanol–water partition coefficient (Wildman–Crippen LogP) is 5.58. The third-order valence-electron chi connectivity index (χ3n) is 4.00. The molecule has 112 valence electrons. The summed E-state index contributed by atoms with van der Waals surface area (Å²) < 4.78 is 2.29.